The van der Waals surface area contributed by atoms with Crippen LogP contribution in [0.15, 0.2) is 51.7 Å². The molecule has 2 aliphatic rings. The minimum atomic E-state index is -4.32. The van der Waals surface area contributed by atoms with Gasteiger partial charge in [-0.15, -0.1) is 11.8 Å². The van der Waals surface area contributed by atoms with Crippen LogP contribution in [-0.4, -0.2) is 106 Å². The van der Waals surface area contributed by atoms with Crippen LogP contribution in [0.2, 0.25) is 0 Å². The van der Waals surface area contributed by atoms with E-state index in [1.165, 1.54) is 50.1 Å². The number of Topliss-reactive ketones (excluding diaryl/α,β-unsaturated/α-hetero) is 1. The maximum atomic E-state index is 13.1. The summed E-state index contributed by atoms with van der Waals surface area (Å²) in [6.07, 6.45) is -1.05. The normalized spacial score (nSPS) is 18.3. The molecular weight excluding hydrogens is 614 g/mol. The molecule has 1 aromatic carbocycles. The lowest BCUT2D eigenvalue weighted by Crippen LogP contribution is -2.71. The first kappa shape index (κ1) is 33.5. The van der Waals surface area contributed by atoms with Crippen molar-refractivity contribution in [1.82, 2.24) is 10.2 Å². The maximum absolute atomic E-state index is 13.1. The Balaban J connectivity index is 1.70. The van der Waals surface area contributed by atoms with Crippen molar-refractivity contribution >= 4 is 57.3 Å². The first-order valence-electron chi connectivity index (χ1n) is 12.7. The van der Waals surface area contributed by atoms with Gasteiger partial charge in [-0.2, -0.15) is 8.42 Å². The quantitative estimate of drug-likeness (QED) is 0.0521. The zero-order valence-electron chi connectivity index (χ0n) is 23.3. The fourth-order valence-corrected chi connectivity index (χ4v) is 5.94. The van der Waals surface area contributed by atoms with Crippen LogP contribution >= 0.6 is 11.8 Å². The number of rotatable bonds is 15. The third-order valence-corrected chi connectivity index (χ3v) is 8.23. The molecule has 16 nitrogen and oxygen atoms in total. The van der Waals surface area contributed by atoms with Crippen molar-refractivity contribution in [3.8, 4) is 0 Å². The number of benzene rings is 1. The van der Waals surface area contributed by atoms with E-state index < -0.39 is 70.4 Å². The summed E-state index contributed by atoms with van der Waals surface area (Å²) in [5.74, 6) is -3.74. The van der Waals surface area contributed by atoms with Gasteiger partial charge < -0.3 is 29.1 Å². The highest BCUT2D eigenvalue weighted by molar-refractivity contribution is 8.00. The third-order valence-electron chi connectivity index (χ3n) is 5.62. The molecular formula is C25H29N3O13S2. The predicted octanol–water partition coefficient (Wildman–Crippen LogP) is 0.328. The number of β-lactam (4-membered cyclic amide) rings is 1. The number of carbonyl (C=O) groups excluding carboxylic acids is 5. The fourth-order valence-electron chi connectivity index (χ4n) is 3.73. The van der Waals surface area contributed by atoms with Crippen LogP contribution in [0.25, 0.3) is 0 Å². The number of amides is 2. The Bertz CT molecular complexity index is 1400. The number of oxime groups is 1. The molecule has 0 bridgehead atoms. The number of thioether (sulfide) groups is 1. The predicted molar refractivity (Wildman–Crippen MR) is 147 cm³/mol. The first-order chi connectivity index (χ1) is 20.5. The van der Waals surface area contributed by atoms with E-state index in [2.05, 4.69) is 19.9 Å². The van der Waals surface area contributed by atoms with E-state index in [-0.39, 0.29) is 36.2 Å². The lowest BCUT2D eigenvalue weighted by molar-refractivity contribution is -0.157. The molecule has 1 unspecified atom stereocenters. The molecule has 0 aliphatic carbocycles. The van der Waals surface area contributed by atoms with Gasteiger partial charge in [0.1, 0.15) is 30.3 Å². The highest BCUT2D eigenvalue weighted by Gasteiger charge is 2.55. The average Bonchev–Trinajstić information content (AvgIpc) is 2.99. The fraction of sp³-hybridized carbons (Fsp3) is 0.440. The molecule has 1 saturated heterocycles. The second-order valence-electron chi connectivity index (χ2n) is 8.43. The zero-order chi connectivity index (χ0) is 31.6. The Morgan fingerprint density at radius 2 is 1.79 bits per heavy atom. The van der Waals surface area contributed by atoms with Crippen molar-refractivity contribution in [2.24, 2.45) is 5.16 Å². The molecule has 0 radical (unpaired) electrons. The number of fused-ring (bicyclic) bond motifs is 1. The number of carbonyl (C=O) groups is 5. The van der Waals surface area contributed by atoms with Crippen molar-refractivity contribution < 1.29 is 60.4 Å². The molecule has 1 aromatic rings. The SMILES string of the molecule is CCO/N=C(\C(=O)COS(=O)(=O)c1ccccc1)C(=O)NC1C(=O)N2C(C(=O)OCOC(=O)OCC)=C(COC)CS[C@H]12. The largest absolute Gasteiger partial charge is 0.511 e. The van der Waals surface area contributed by atoms with Gasteiger partial charge in [0.25, 0.3) is 21.9 Å². The topological polar surface area (TPSA) is 202 Å². The standard InChI is InChI=1S/C25H29N3O13S2/c1-4-37-25(33)39-14-38-24(32)20-15(11-36-3)13-42-23-19(22(31)28(20)23)26-21(30)18(27-40-5-2)17(29)12-41-43(34,35)16-9-7-6-8-10-16/h6-10,19,23H,4-5,11-14H2,1-3H3,(H,26,30)/b27-18+/t19?,23-/m1/s1. The molecule has 1 N–H and O–H groups in total. The van der Waals surface area contributed by atoms with Crippen LogP contribution in [0.5, 0.6) is 0 Å². The second-order valence-corrected chi connectivity index (χ2v) is 11.2. The number of methoxy groups -OCH3 is 1. The summed E-state index contributed by atoms with van der Waals surface area (Å²) in [5.41, 5.74) is -0.565. The van der Waals surface area contributed by atoms with E-state index in [4.69, 9.17) is 18.5 Å². The summed E-state index contributed by atoms with van der Waals surface area (Å²) < 4.78 is 48.9. The highest BCUT2D eigenvalue weighted by Crippen LogP contribution is 2.40. The number of ether oxygens (including phenoxy) is 4. The van der Waals surface area contributed by atoms with Gasteiger partial charge in [0.15, 0.2) is 0 Å². The summed E-state index contributed by atoms with van der Waals surface area (Å²) in [6.45, 7) is 1.26. The van der Waals surface area contributed by atoms with E-state index in [0.717, 1.165) is 4.90 Å². The third kappa shape index (κ3) is 8.31. The first-order valence-corrected chi connectivity index (χ1v) is 15.1. The van der Waals surface area contributed by atoms with Crippen molar-refractivity contribution in [3.05, 3.63) is 41.6 Å². The van der Waals surface area contributed by atoms with Gasteiger partial charge in [0.05, 0.1) is 18.1 Å². The van der Waals surface area contributed by atoms with E-state index in [1.807, 2.05) is 0 Å². The zero-order valence-corrected chi connectivity index (χ0v) is 24.9. The molecule has 0 saturated carbocycles. The van der Waals surface area contributed by atoms with Crippen molar-refractivity contribution in [1.29, 1.82) is 0 Å². The van der Waals surface area contributed by atoms with Crippen LogP contribution < -0.4 is 5.32 Å². The summed E-state index contributed by atoms with van der Waals surface area (Å²) in [6, 6.07) is 5.85. The minimum absolute atomic E-state index is 0.0186. The van der Waals surface area contributed by atoms with Crippen LogP contribution in [0.4, 0.5) is 4.79 Å². The second kappa shape index (κ2) is 15.5. The molecule has 0 spiro atoms. The van der Waals surface area contributed by atoms with E-state index in [0.29, 0.717) is 5.57 Å². The van der Waals surface area contributed by atoms with E-state index >= 15 is 0 Å². The van der Waals surface area contributed by atoms with Crippen LogP contribution in [0, 0.1) is 0 Å². The molecule has 2 atom stereocenters. The molecule has 3 rings (SSSR count). The van der Waals surface area contributed by atoms with Gasteiger partial charge in [-0.05, 0) is 31.6 Å². The summed E-state index contributed by atoms with van der Waals surface area (Å²) >= 11 is 1.20. The lowest BCUT2D eigenvalue weighted by Gasteiger charge is -2.49. The Morgan fingerprint density at radius 1 is 1.07 bits per heavy atom. The van der Waals surface area contributed by atoms with Crippen LogP contribution in [-0.2, 0) is 57.3 Å². The lowest BCUT2D eigenvalue weighted by atomic mass is 10.0. The average molecular weight is 644 g/mol. The molecule has 2 aliphatic heterocycles. The Kier molecular flexibility index (Phi) is 12.0. The molecule has 2 amide bonds. The Morgan fingerprint density at radius 3 is 2.44 bits per heavy atom. The monoisotopic (exact) mass is 643 g/mol. The highest BCUT2D eigenvalue weighted by atomic mass is 32.2. The number of hydrogen-bond donors (Lipinski definition) is 1. The van der Waals surface area contributed by atoms with Gasteiger partial charge in [0, 0.05) is 12.9 Å². The number of nitrogens with zero attached hydrogens (tertiary/aromatic N) is 2. The summed E-state index contributed by atoms with van der Waals surface area (Å²) in [4.78, 5) is 68.9. The number of nitrogens with one attached hydrogen (secondary N) is 1. The molecule has 2 heterocycles. The molecule has 0 aromatic heterocycles. The van der Waals surface area contributed by atoms with Crippen molar-refractivity contribution in [2.45, 2.75) is 30.2 Å². The van der Waals surface area contributed by atoms with E-state index in [1.54, 1.807) is 13.0 Å². The van der Waals surface area contributed by atoms with E-state index in [9.17, 15) is 32.4 Å². The van der Waals surface area contributed by atoms with Gasteiger partial charge in [-0.1, -0.05) is 23.4 Å². The number of ketones is 1. The van der Waals surface area contributed by atoms with Gasteiger partial charge in [-0.3, -0.25) is 23.5 Å². The molecule has 234 valence electrons. The van der Waals surface area contributed by atoms with Crippen molar-refractivity contribution in [3.63, 3.8) is 0 Å². The number of esters is 1. The van der Waals surface area contributed by atoms with Gasteiger partial charge in [-0.25, -0.2) is 9.59 Å². The number of hydrogen-bond acceptors (Lipinski definition) is 15. The van der Waals surface area contributed by atoms with Gasteiger partial charge >= 0.3 is 12.1 Å². The summed E-state index contributed by atoms with van der Waals surface area (Å²) in [5, 5.41) is 5.09. The minimum Gasteiger partial charge on any atom is -0.435 e. The van der Waals surface area contributed by atoms with Crippen LogP contribution in [0.1, 0.15) is 13.8 Å². The molecule has 43 heavy (non-hydrogen) atoms. The Hall–Kier alpha value is -4.00. The summed E-state index contributed by atoms with van der Waals surface area (Å²) in [7, 11) is -2.93. The van der Waals surface area contributed by atoms with Crippen LogP contribution in [0.3, 0.4) is 0 Å². The molecule has 18 heteroatoms. The Labute approximate surface area is 250 Å². The molecule has 1 fully saturated rings. The van der Waals surface area contributed by atoms with Crippen molar-refractivity contribution in [2.75, 3.05) is 46.1 Å². The smallest absolute Gasteiger partial charge is 0.435 e. The maximum Gasteiger partial charge on any atom is 0.511 e. The van der Waals surface area contributed by atoms with Gasteiger partial charge in [0.2, 0.25) is 18.3 Å².